The van der Waals surface area contributed by atoms with Crippen LogP contribution in [0.25, 0.3) is 16.9 Å². The van der Waals surface area contributed by atoms with Gasteiger partial charge in [-0.3, -0.25) is 4.79 Å². The predicted octanol–water partition coefficient (Wildman–Crippen LogP) is 5.73. The molecule has 6 heteroatoms. The zero-order valence-corrected chi connectivity index (χ0v) is 19.0. The van der Waals surface area contributed by atoms with Crippen molar-refractivity contribution in [3.05, 3.63) is 64.8 Å². The predicted molar refractivity (Wildman–Crippen MR) is 120 cm³/mol. The van der Waals surface area contributed by atoms with Crippen molar-refractivity contribution in [2.75, 3.05) is 0 Å². The summed E-state index contributed by atoms with van der Waals surface area (Å²) in [6.07, 6.45) is 2.57. The van der Waals surface area contributed by atoms with E-state index in [-0.39, 0.29) is 12.4 Å². The van der Waals surface area contributed by atoms with E-state index in [2.05, 4.69) is 15.9 Å². The summed E-state index contributed by atoms with van der Waals surface area (Å²) in [5.74, 6) is 0.850. The molecule has 0 unspecified atom stereocenters. The van der Waals surface area contributed by atoms with Gasteiger partial charge >= 0.3 is 0 Å². The fraction of sp³-hybridized carbons (Fsp3) is 0.333. The molecule has 0 N–H and O–H groups in total. The van der Waals surface area contributed by atoms with Gasteiger partial charge in [0.1, 0.15) is 11.4 Å². The number of hydrogen-bond donors (Lipinski definition) is 0. The number of hydrogen-bond acceptors (Lipinski definition) is 4. The van der Waals surface area contributed by atoms with Gasteiger partial charge < -0.3 is 9.47 Å². The second-order valence-corrected chi connectivity index (χ2v) is 8.94. The van der Waals surface area contributed by atoms with Crippen LogP contribution >= 0.6 is 15.9 Å². The number of halogens is 1. The second-order valence-electron chi connectivity index (χ2n) is 8.08. The Hall–Kier alpha value is -2.44. The fourth-order valence-corrected chi connectivity index (χ4v) is 3.43. The van der Waals surface area contributed by atoms with Crippen molar-refractivity contribution < 1.29 is 14.3 Å². The maximum absolute atomic E-state index is 11.8. The minimum atomic E-state index is -0.852. The molecule has 4 rings (SSSR count). The minimum absolute atomic E-state index is 0.0158. The molecule has 5 nitrogen and oxygen atoms in total. The number of benzene rings is 2. The van der Waals surface area contributed by atoms with E-state index >= 15 is 0 Å². The second kappa shape index (κ2) is 8.36. The molecule has 0 radical (unpaired) electrons. The fourth-order valence-electron chi connectivity index (χ4n) is 2.98. The van der Waals surface area contributed by atoms with Gasteiger partial charge in [-0.25, -0.2) is 4.68 Å². The van der Waals surface area contributed by atoms with Gasteiger partial charge in [-0.15, -0.1) is 0 Å². The Morgan fingerprint density at radius 3 is 2.63 bits per heavy atom. The Morgan fingerprint density at radius 2 is 1.93 bits per heavy atom. The number of carbonyl (C=O) groups is 1. The Balaban J connectivity index is 1.71. The van der Waals surface area contributed by atoms with Crippen molar-refractivity contribution in [2.24, 2.45) is 0 Å². The molecule has 0 bridgehead atoms. The van der Waals surface area contributed by atoms with Gasteiger partial charge in [0.2, 0.25) is 0 Å². The van der Waals surface area contributed by atoms with Gasteiger partial charge in [-0.1, -0.05) is 24.3 Å². The number of rotatable bonds is 8. The van der Waals surface area contributed by atoms with Gasteiger partial charge in [-0.2, -0.15) is 5.10 Å². The largest absolute Gasteiger partial charge is 0.490 e. The van der Waals surface area contributed by atoms with Crippen molar-refractivity contribution in [2.45, 2.75) is 51.9 Å². The monoisotopic (exact) mass is 468 g/mol. The van der Waals surface area contributed by atoms with Crippen LogP contribution in [0.1, 0.15) is 39.3 Å². The summed E-state index contributed by atoms with van der Waals surface area (Å²) < 4.78 is 14.7. The van der Waals surface area contributed by atoms with E-state index in [0.717, 1.165) is 45.7 Å². The van der Waals surface area contributed by atoms with Crippen molar-refractivity contribution >= 4 is 21.7 Å². The highest BCUT2D eigenvalue weighted by atomic mass is 79.9. The topological polar surface area (TPSA) is 53.4 Å². The molecule has 0 aliphatic heterocycles. The normalized spacial score (nSPS) is 14.0. The number of carbonyl (C=O) groups excluding carboxylic acids is 1. The summed E-state index contributed by atoms with van der Waals surface area (Å²) in [6, 6.07) is 18.0. The summed E-state index contributed by atoms with van der Waals surface area (Å²) in [6.45, 7) is 5.34. The quantitative estimate of drug-likeness (QED) is 0.423. The first-order chi connectivity index (χ1) is 14.3. The molecule has 1 saturated carbocycles. The van der Waals surface area contributed by atoms with E-state index in [4.69, 9.17) is 14.6 Å². The van der Waals surface area contributed by atoms with Crippen molar-refractivity contribution in [1.82, 2.24) is 9.78 Å². The first-order valence-electron chi connectivity index (χ1n) is 10.1. The van der Waals surface area contributed by atoms with E-state index in [1.807, 2.05) is 59.3 Å². The molecule has 0 spiro atoms. The number of aromatic nitrogens is 2. The summed E-state index contributed by atoms with van der Waals surface area (Å²) in [7, 11) is 0. The summed E-state index contributed by atoms with van der Waals surface area (Å²) in [5, 5.41) is 4.79. The summed E-state index contributed by atoms with van der Waals surface area (Å²) >= 11 is 3.63. The van der Waals surface area contributed by atoms with E-state index in [1.54, 1.807) is 13.8 Å². The molecule has 1 fully saturated rings. The van der Waals surface area contributed by atoms with Crippen LogP contribution in [0.4, 0.5) is 0 Å². The lowest BCUT2D eigenvalue weighted by molar-refractivity contribution is -0.139. The highest BCUT2D eigenvalue weighted by Crippen LogP contribution is 2.32. The molecule has 0 atom stereocenters. The third-order valence-electron chi connectivity index (χ3n) is 5.23. The molecule has 1 aliphatic rings. The van der Waals surface area contributed by atoms with Crippen molar-refractivity contribution in [1.29, 1.82) is 0 Å². The lowest BCUT2D eigenvalue weighted by Gasteiger charge is -2.21. The third kappa shape index (κ3) is 4.65. The molecule has 3 aromatic rings. The highest BCUT2D eigenvalue weighted by molar-refractivity contribution is 9.10. The van der Waals surface area contributed by atoms with E-state index in [9.17, 15) is 4.79 Å². The number of nitrogens with zero attached hydrogens (tertiary/aromatic N) is 2. The van der Waals surface area contributed by atoms with E-state index < -0.39 is 5.60 Å². The van der Waals surface area contributed by atoms with Crippen LogP contribution in [0.15, 0.2) is 59.1 Å². The lowest BCUT2D eigenvalue weighted by Crippen LogP contribution is -2.32. The highest BCUT2D eigenvalue weighted by Gasteiger charge is 2.26. The SMILES string of the molecule is CC(=O)C(C)(C)OCc1cc(-c2cccc(OC3CC3)c2)n(-c2ccccc2Br)n1. The molecule has 0 saturated heterocycles. The lowest BCUT2D eigenvalue weighted by atomic mass is 10.1. The van der Waals surface area contributed by atoms with Crippen LogP contribution in [0.3, 0.4) is 0 Å². The van der Waals surface area contributed by atoms with Gasteiger partial charge in [0, 0.05) is 10.0 Å². The maximum atomic E-state index is 11.8. The number of ether oxygens (including phenoxy) is 2. The van der Waals surface area contributed by atoms with Crippen LogP contribution in [0, 0.1) is 0 Å². The van der Waals surface area contributed by atoms with Crippen LogP contribution in [-0.2, 0) is 16.1 Å². The van der Waals surface area contributed by atoms with Gasteiger partial charge in [-0.05, 0) is 79.9 Å². The van der Waals surface area contributed by atoms with Crippen LogP contribution < -0.4 is 4.74 Å². The van der Waals surface area contributed by atoms with Gasteiger partial charge in [0.05, 0.1) is 29.8 Å². The standard InChI is InChI=1S/C24H25BrN2O3/c1-16(28)24(2,3)29-15-18-14-23(27(26-18)22-10-5-4-9-21(22)25)17-7-6-8-20(13-17)30-19-11-12-19/h4-10,13-14,19H,11-12,15H2,1-3H3. The molecule has 1 heterocycles. The smallest absolute Gasteiger partial charge is 0.161 e. The van der Waals surface area contributed by atoms with Crippen LogP contribution in [0.2, 0.25) is 0 Å². The Bertz CT molecular complexity index is 1070. The molecular formula is C24H25BrN2O3. The van der Waals surface area contributed by atoms with Crippen LogP contribution in [-0.4, -0.2) is 27.3 Å². The maximum Gasteiger partial charge on any atom is 0.161 e. The molecular weight excluding hydrogens is 444 g/mol. The first kappa shape index (κ1) is 20.8. The first-order valence-corrected chi connectivity index (χ1v) is 10.9. The minimum Gasteiger partial charge on any atom is -0.490 e. The molecule has 30 heavy (non-hydrogen) atoms. The molecule has 1 aromatic heterocycles. The molecule has 2 aromatic carbocycles. The number of para-hydroxylation sites is 1. The average molecular weight is 469 g/mol. The van der Waals surface area contributed by atoms with Crippen LogP contribution in [0.5, 0.6) is 5.75 Å². The molecule has 156 valence electrons. The van der Waals surface area contributed by atoms with Gasteiger partial charge in [0.25, 0.3) is 0 Å². The summed E-state index contributed by atoms with van der Waals surface area (Å²) in [4.78, 5) is 11.8. The third-order valence-corrected chi connectivity index (χ3v) is 5.90. The Kier molecular flexibility index (Phi) is 5.80. The Labute approximate surface area is 185 Å². The zero-order valence-electron chi connectivity index (χ0n) is 17.4. The number of Topliss-reactive ketones (excluding diaryl/α,β-unsaturated/α-hetero) is 1. The van der Waals surface area contributed by atoms with Crippen molar-refractivity contribution in [3.8, 4) is 22.7 Å². The summed E-state index contributed by atoms with van der Waals surface area (Å²) in [5.41, 5.74) is 2.77. The molecule has 0 amide bonds. The van der Waals surface area contributed by atoms with Crippen molar-refractivity contribution in [3.63, 3.8) is 0 Å². The average Bonchev–Trinajstić information content (AvgIpc) is 3.42. The molecule has 1 aliphatic carbocycles. The van der Waals surface area contributed by atoms with Gasteiger partial charge in [0.15, 0.2) is 5.78 Å². The van der Waals surface area contributed by atoms with E-state index in [0.29, 0.717) is 6.10 Å². The van der Waals surface area contributed by atoms with E-state index in [1.165, 1.54) is 6.92 Å². The zero-order chi connectivity index (χ0) is 21.3. The number of ketones is 1. The Morgan fingerprint density at radius 1 is 1.17 bits per heavy atom.